The van der Waals surface area contributed by atoms with E-state index in [0.29, 0.717) is 26.1 Å². The Morgan fingerprint density at radius 2 is 2.12 bits per heavy atom. The van der Waals surface area contributed by atoms with Gasteiger partial charge in [0.25, 0.3) is 0 Å². The fraction of sp³-hybridized carbons (Fsp3) is 0.556. The Labute approximate surface area is 142 Å². The Kier molecular flexibility index (Phi) is 4.39. The molecule has 0 saturated carbocycles. The Morgan fingerprint density at radius 3 is 2.83 bits per heavy atom. The van der Waals surface area contributed by atoms with Crippen LogP contribution in [0.3, 0.4) is 0 Å². The van der Waals surface area contributed by atoms with Crippen LogP contribution in [0.1, 0.15) is 26.7 Å². The minimum absolute atomic E-state index is 0.0332. The van der Waals surface area contributed by atoms with Crippen molar-refractivity contribution in [2.24, 2.45) is 5.41 Å². The standard InChI is InChI=1S/C18H25N3O3/c1-13(2)19-17(23)20-8-7-18(11-20)10-16(22)21(12-18)14-5-4-6-15(9-14)24-3/h4-6,9,13H,7-8,10-12H2,1-3H3,(H,19,23)/t18-/m1/s1. The van der Waals surface area contributed by atoms with Gasteiger partial charge >= 0.3 is 6.03 Å². The SMILES string of the molecule is COc1cccc(N2C[C@]3(CCN(C(=O)NC(C)C)C3)CC2=O)c1. The Morgan fingerprint density at radius 1 is 1.33 bits per heavy atom. The minimum Gasteiger partial charge on any atom is -0.497 e. The summed E-state index contributed by atoms with van der Waals surface area (Å²) in [4.78, 5) is 28.4. The van der Waals surface area contributed by atoms with Crippen molar-refractivity contribution in [1.29, 1.82) is 0 Å². The summed E-state index contributed by atoms with van der Waals surface area (Å²) in [6.07, 6.45) is 1.36. The van der Waals surface area contributed by atoms with Gasteiger partial charge in [-0.05, 0) is 32.4 Å². The van der Waals surface area contributed by atoms with Crippen LogP contribution in [0.4, 0.5) is 10.5 Å². The van der Waals surface area contributed by atoms with Gasteiger partial charge in [0.2, 0.25) is 5.91 Å². The fourth-order valence-corrected chi connectivity index (χ4v) is 3.63. The first-order valence-corrected chi connectivity index (χ1v) is 8.42. The van der Waals surface area contributed by atoms with Gasteiger partial charge in [0.05, 0.1) is 7.11 Å². The maximum Gasteiger partial charge on any atom is 0.317 e. The van der Waals surface area contributed by atoms with E-state index in [2.05, 4.69) is 5.32 Å². The molecule has 2 aliphatic heterocycles. The second kappa shape index (κ2) is 6.34. The zero-order valence-corrected chi connectivity index (χ0v) is 14.5. The first-order valence-electron chi connectivity index (χ1n) is 8.42. The molecule has 0 unspecified atom stereocenters. The van der Waals surface area contributed by atoms with Gasteiger partial charge in [0, 0.05) is 49.3 Å². The first kappa shape index (κ1) is 16.6. The van der Waals surface area contributed by atoms with E-state index in [0.717, 1.165) is 17.9 Å². The molecule has 0 aliphatic carbocycles. The predicted octanol–water partition coefficient (Wildman–Crippen LogP) is 2.24. The van der Waals surface area contributed by atoms with Gasteiger partial charge in [-0.25, -0.2) is 4.79 Å². The molecule has 3 rings (SSSR count). The number of amides is 3. The third-order valence-corrected chi connectivity index (χ3v) is 4.82. The molecule has 1 aromatic rings. The normalized spacial score (nSPS) is 23.4. The Bertz CT molecular complexity index is 646. The van der Waals surface area contributed by atoms with E-state index in [1.165, 1.54) is 0 Å². The number of urea groups is 1. The molecule has 0 bridgehead atoms. The van der Waals surface area contributed by atoms with Crippen molar-refractivity contribution in [3.8, 4) is 5.75 Å². The summed E-state index contributed by atoms with van der Waals surface area (Å²) in [7, 11) is 1.62. The average molecular weight is 331 g/mol. The van der Waals surface area contributed by atoms with E-state index in [1.54, 1.807) is 7.11 Å². The monoisotopic (exact) mass is 331 g/mol. The highest BCUT2D eigenvalue weighted by molar-refractivity contribution is 5.96. The van der Waals surface area contributed by atoms with E-state index in [1.807, 2.05) is 47.9 Å². The van der Waals surface area contributed by atoms with Gasteiger partial charge < -0.3 is 19.9 Å². The molecule has 1 spiro atoms. The lowest BCUT2D eigenvalue weighted by Crippen LogP contribution is -2.43. The molecule has 6 heteroatoms. The van der Waals surface area contributed by atoms with Crippen molar-refractivity contribution in [3.05, 3.63) is 24.3 Å². The molecule has 130 valence electrons. The molecule has 0 radical (unpaired) electrons. The number of hydrogen-bond acceptors (Lipinski definition) is 3. The zero-order valence-electron chi connectivity index (χ0n) is 14.5. The van der Waals surface area contributed by atoms with Crippen LogP contribution >= 0.6 is 0 Å². The molecule has 6 nitrogen and oxygen atoms in total. The summed E-state index contributed by atoms with van der Waals surface area (Å²) in [5.74, 6) is 0.861. The van der Waals surface area contributed by atoms with E-state index < -0.39 is 0 Å². The van der Waals surface area contributed by atoms with Crippen molar-refractivity contribution in [3.63, 3.8) is 0 Å². The molecule has 1 aromatic carbocycles. The van der Waals surface area contributed by atoms with Crippen molar-refractivity contribution in [2.75, 3.05) is 31.6 Å². The van der Waals surface area contributed by atoms with E-state index in [9.17, 15) is 9.59 Å². The van der Waals surface area contributed by atoms with Crippen LogP contribution in [0.2, 0.25) is 0 Å². The smallest absolute Gasteiger partial charge is 0.317 e. The third-order valence-electron chi connectivity index (χ3n) is 4.82. The molecule has 2 fully saturated rings. The van der Waals surface area contributed by atoms with E-state index in [-0.39, 0.29) is 23.4 Å². The van der Waals surface area contributed by atoms with Gasteiger partial charge in [0.15, 0.2) is 0 Å². The number of ether oxygens (including phenoxy) is 1. The predicted molar refractivity (Wildman–Crippen MR) is 92.3 cm³/mol. The van der Waals surface area contributed by atoms with Crippen LogP contribution in [0.15, 0.2) is 24.3 Å². The van der Waals surface area contributed by atoms with Gasteiger partial charge in [-0.2, -0.15) is 0 Å². The highest BCUT2D eigenvalue weighted by atomic mass is 16.5. The molecule has 2 heterocycles. The lowest BCUT2D eigenvalue weighted by Gasteiger charge is -2.25. The Hall–Kier alpha value is -2.24. The molecule has 2 saturated heterocycles. The lowest BCUT2D eigenvalue weighted by molar-refractivity contribution is -0.117. The lowest BCUT2D eigenvalue weighted by atomic mass is 9.86. The Balaban J connectivity index is 1.71. The third kappa shape index (κ3) is 3.18. The maximum atomic E-state index is 12.6. The molecule has 1 atom stereocenters. The molecule has 1 N–H and O–H groups in total. The van der Waals surface area contributed by atoms with Crippen LogP contribution in [0.25, 0.3) is 0 Å². The quantitative estimate of drug-likeness (QED) is 0.924. The average Bonchev–Trinajstić information content (AvgIpc) is 3.10. The highest BCUT2D eigenvalue weighted by Crippen LogP contribution is 2.42. The number of anilines is 1. The minimum atomic E-state index is -0.130. The number of rotatable bonds is 3. The largest absolute Gasteiger partial charge is 0.497 e. The van der Waals surface area contributed by atoms with Gasteiger partial charge in [-0.3, -0.25) is 4.79 Å². The summed E-state index contributed by atoms with van der Waals surface area (Å²) < 4.78 is 5.25. The van der Waals surface area contributed by atoms with Crippen LogP contribution in [-0.4, -0.2) is 49.6 Å². The zero-order chi connectivity index (χ0) is 17.3. The number of nitrogens with one attached hydrogen (secondary N) is 1. The molecule has 2 aliphatic rings. The molecule has 3 amide bonds. The van der Waals surface area contributed by atoms with Crippen molar-refractivity contribution >= 4 is 17.6 Å². The van der Waals surface area contributed by atoms with Crippen LogP contribution in [0, 0.1) is 5.41 Å². The summed E-state index contributed by atoms with van der Waals surface area (Å²) >= 11 is 0. The summed E-state index contributed by atoms with van der Waals surface area (Å²) in [6.45, 7) is 5.90. The number of hydrogen-bond donors (Lipinski definition) is 1. The van der Waals surface area contributed by atoms with Crippen molar-refractivity contribution < 1.29 is 14.3 Å². The van der Waals surface area contributed by atoms with E-state index >= 15 is 0 Å². The number of carbonyl (C=O) groups excluding carboxylic acids is 2. The van der Waals surface area contributed by atoms with Crippen LogP contribution < -0.4 is 15.0 Å². The van der Waals surface area contributed by atoms with Crippen LogP contribution in [0.5, 0.6) is 5.75 Å². The number of benzene rings is 1. The second-order valence-corrected chi connectivity index (χ2v) is 7.13. The van der Waals surface area contributed by atoms with Gasteiger partial charge in [-0.15, -0.1) is 0 Å². The number of carbonyl (C=O) groups is 2. The summed E-state index contributed by atoms with van der Waals surface area (Å²) in [5.41, 5.74) is 0.732. The van der Waals surface area contributed by atoms with Gasteiger partial charge in [-0.1, -0.05) is 6.07 Å². The number of methoxy groups -OCH3 is 1. The van der Waals surface area contributed by atoms with Crippen molar-refractivity contribution in [2.45, 2.75) is 32.7 Å². The molecular formula is C18H25N3O3. The molecule has 24 heavy (non-hydrogen) atoms. The molecule has 0 aromatic heterocycles. The topological polar surface area (TPSA) is 61.9 Å². The summed E-state index contributed by atoms with van der Waals surface area (Å²) in [5, 5.41) is 2.93. The highest BCUT2D eigenvalue weighted by Gasteiger charge is 2.48. The maximum absolute atomic E-state index is 12.6. The van der Waals surface area contributed by atoms with Crippen LogP contribution in [-0.2, 0) is 4.79 Å². The molecular weight excluding hydrogens is 306 g/mol. The first-order chi connectivity index (χ1) is 11.4. The van der Waals surface area contributed by atoms with Crippen molar-refractivity contribution in [1.82, 2.24) is 10.2 Å². The number of likely N-dealkylation sites (tertiary alicyclic amines) is 1. The van der Waals surface area contributed by atoms with E-state index in [4.69, 9.17) is 4.74 Å². The fourth-order valence-electron chi connectivity index (χ4n) is 3.63. The number of nitrogens with zero attached hydrogens (tertiary/aromatic N) is 2. The summed E-state index contributed by atoms with van der Waals surface area (Å²) in [6, 6.07) is 7.66. The second-order valence-electron chi connectivity index (χ2n) is 7.13. The van der Waals surface area contributed by atoms with Gasteiger partial charge in [0.1, 0.15) is 5.75 Å².